The molecular weight excluding hydrogens is 985 g/mol. The summed E-state index contributed by atoms with van der Waals surface area (Å²) < 4.78 is 16.9. The lowest BCUT2D eigenvalue weighted by molar-refractivity contribution is -0.167. The summed E-state index contributed by atoms with van der Waals surface area (Å²) in [5, 5.41) is 0. The van der Waals surface area contributed by atoms with Gasteiger partial charge in [-0.25, -0.2) is 0 Å². The average Bonchev–Trinajstić information content (AvgIpc) is 3.46. The first-order valence-corrected chi connectivity index (χ1v) is 35.6. The summed E-state index contributed by atoms with van der Waals surface area (Å²) in [5.74, 6) is -0.864. The molecular formula is C74H136O6. The molecule has 0 bridgehead atoms. The fourth-order valence-electron chi connectivity index (χ4n) is 10.7. The van der Waals surface area contributed by atoms with Gasteiger partial charge in [0.2, 0.25) is 0 Å². The van der Waals surface area contributed by atoms with Gasteiger partial charge in [-0.3, -0.25) is 14.4 Å². The molecule has 0 aromatic carbocycles. The average molecular weight is 1120 g/mol. The summed E-state index contributed by atoms with van der Waals surface area (Å²) >= 11 is 0. The van der Waals surface area contributed by atoms with Gasteiger partial charge in [-0.1, -0.05) is 333 Å². The molecule has 468 valence electrons. The van der Waals surface area contributed by atoms with Crippen molar-refractivity contribution in [2.75, 3.05) is 13.2 Å². The number of ether oxygens (including phenoxy) is 3. The maximum Gasteiger partial charge on any atom is 0.306 e. The van der Waals surface area contributed by atoms with E-state index >= 15 is 0 Å². The minimum absolute atomic E-state index is 0.0739. The predicted octanol–water partition coefficient (Wildman–Crippen LogP) is 24.5. The Kier molecular flexibility index (Phi) is 66.6. The molecule has 0 saturated heterocycles. The second-order valence-corrected chi connectivity index (χ2v) is 24.1. The second-order valence-electron chi connectivity index (χ2n) is 24.1. The molecule has 0 spiro atoms. The molecule has 0 saturated carbocycles. The van der Waals surface area contributed by atoms with E-state index in [0.29, 0.717) is 19.3 Å². The van der Waals surface area contributed by atoms with Crippen molar-refractivity contribution in [1.82, 2.24) is 0 Å². The maximum atomic E-state index is 12.9. The van der Waals surface area contributed by atoms with Crippen LogP contribution in [-0.2, 0) is 28.6 Å². The van der Waals surface area contributed by atoms with Crippen molar-refractivity contribution in [3.8, 4) is 0 Å². The minimum atomic E-state index is -0.778. The summed E-state index contributed by atoms with van der Waals surface area (Å²) in [6, 6.07) is 0. The lowest BCUT2D eigenvalue weighted by Crippen LogP contribution is -2.30. The van der Waals surface area contributed by atoms with E-state index in [4.69, 9.17) is 14.2 Å². The highest BCUT2D eigenvalue weighted by Gasteiger charge is 2.19. The third-order valence-electron chi connectivity index (χ3n) is 16.1. The molecule has 0 heterocycles. The SMILES string of the molecule is CCCCCCC/C=C\C/C=C\C/C=C\CCCCCCCCC(=O)OC(COC(=O)CCCCCCCCCCCC)COC(=O)CCCCCCCCCCCCCCCCCCCCC/C=C\CCCCCCCCCC. The van der Waals surface area contributed by atoms with E-state index in [-0.39, 0.29) is 31.1 Å². The van der Waals surface area contributed by atoms with E-state index < -0.39 is 6.10 Å². The molecule has 1 atom stereocenters. The Labute approximate surface area is 498 Å². The molecule has 1 unspecified atom stereocenters. The monoisotopic (exact) mass is 1120 g/mol. The lowest BCUT2D eigenvalue weighted by Gasteiger charge is -2.18. The zero-order valence-electron chi connectivity index (χ0n) is 53.9. The van der Waals surface area contributed by atoms with Crippen molar-refractivity contribution in [2.24, 2.45) is 0 Å². The van der Waals surface area contributed by atoms with Crippen molar-refractivity contribution >= 4 is 17.9 Å². The van der Waals surface area contributed by atoms with Crippen LogP contribution in [0.25, 0.3) is 0 Å². The summed E-state index contributed by atoms with van der Waals surface area (Å²) in [4.78, 5) is 38.3. The van der Waals surface area contributed by atoms with Gasteiger partial charge in [-0.05, 0) is 83.5 Å². The second kappa shape index (κ2) is 68.9. The number of allylic oxidation sites excluding steroid dienone is 8. The number of hydrogen-bond acceptors (Lipinski definition) is 6. The van der Waals surface area contributed by atoms with Crippen molar-refractivity contribution in [3.63, 3.8) is 0 Å². The van der Waals surface area contributed by atoms with Crippen LogP contribution in [0.4, 0.5) is 0 Å². The molecule has 0 aliphatic heterocycles. The first-order chi connectivity index (χ1) is 39.5. The molecule has 0 amide bonds. The Morgan fingerprint density at radius 1 is 0.250 bits per heavy atom. The largest absolute Gasteiger partial charge is 0.462 e. The Balaban J connectivity index is 4.12. The summed E-state index contributed by atoms with van der Waals surface area (Å²) in [6.45, 7) is 6.66. The zero-order valence-corrected chi connectivity index (χ0v) is 53.9. The zero-order chi connectivity index (χ0) is 57.8. The maximum absolute atomic E-state index is 12.9. The van der Waals surface area contributed by atoms with Gasteiger partial charge in [0.25, 0.3) is 0 Å². The minimum Gasteiger partial charge on any atom is -0.462 e. The third-order valence-corrected chi connectivity index (χ3v) is 16.1. The molecule has 6 heteroatoms. The molecule has 0 aliphatic carbocycles. The Morgan fingerprint density at radius 2 is 0.450 bits per heavy atom. The first kappa shape index (κ1) is 77.4. The van der Waals surface area contributed by atoms with Gasteiger partial charge in [0.05, 0.1) is 0 Å². The number of rotatable bonds is 66. The van der Waals surface area contributed by atoms with Crippen LogP contribution in [0.5, 0.6) is 0 Å². The summed E-state index contributed by atoms with van der Waals surface area (Å²) in [7, 11) is 0. The molecule has 0 aromatic heterocycles. The highest BCUT2D eigenvalue weighted by Crippen LogP contribution is 2.18. The first-order valence-electron chi connectivity index (χ1n) is 35.6. The van der Waals surface area contributed by atoms with E-state index in [2.05, 4.69) is 69.4 Å². The molecule has 0 aliphatic rings. The van der Waals surface area contributed by atoms with Gasteiger partial charge in [0, 0.05) is 19.3 Å². The highest BCUT2D eigenvalue weighted by atomic mass is 16.6. The molecule has 80 heavy (non-hydrogen) atoms. The molecule has 6 nitrogen and oxygen atoms in total. The van der Waals surface area contributed by atoms with Gasteiger partial charge < -0.3 is 14.2 Å². The number of unbranched alkanes of at least 4 members (excludes halogenated alkanes) is 47. The molecule has 0 rings (SSSR count). The normalized spacial score (nSPS) is 12.3. The number of carbonyl (C=O) groups is 3. The molecule has 0 fully saturated rings. The Morgan fingerprint density at radius 3 is 0.713 bits per heavy atom. The van der Waals surface area contributed by atoms with Gasteiger partial charge in [-0.2, -0.15) is 0 Å². The number of carbonyl (C=O) groups excluding carboxylic acids is 3. The highest BCUT2D eigenvalue weighted by molar-refractivity contribution is 5.71. The van der Waals surface area contributed by atoms with Crippen LogP contribution in [0, 0.1) is 0 Å². The van der Waals surface area contributed by atoms with E-state index in [1.807, 2.05) is 0 Å². The summed E-state index contributed by atoms with van der Waals surface area (Å²) in [6.07, 6.45) is 87.3. The Hall–Kier alpha value is -2.63. The lowest BCUT2D eigenvalue weighted by atomic mass is 10.0. The van der Waals surface area contributed by atoms with Crippen molar-refractivity contribution in [1.29, 1.82) is 0 Å². The predicted molar refractivity (Wildman–Crippen MR) is 349 cm³/mol. The van der Waals surface area contributed by atoms with Gasteiger partial charge >= 0.3 is 17.9 Å². The van der Waals surface area contributed by atoms with E-state index in [0.717, 1.165) is 77.0 Å². The van der Waals surface area contributed by atoms with Crippen LogP contribution in [-0.4, -0.2) is 37.2 Å². The molecule has 0 aromatic rings. The molecule has 0 radical (unpaired) electrons. The van der Waals surface area contributed by atoms with Crippen LogP contribution in [0.3, 0.4) is 0 Å². The van der Waals surface area contributed by atoms with Crippen LogP contribution in [0.2, 0.25) is 0 Å². The van der Waals surface area contributed by atoms with E-state index in [1.54, 1.807) is 0 Å². The van der Waals surface area contributed by atoms with Gasteiger partial charge in [-0.15, -0.1) is 0 Å². The standard InChI is InChI=1S/C74H136O6/c1-4-7-10-13-16-19-22-24-26-28-30-32-33-34-35-36-37-38-39-40-41-43-44-46-48-50-52-55-58-61-64-67-73(76)79-70-71(69-78-72(75)66-63-60-57-54-21-18-15-12-9-6-3)80-74(77)68-65-62-59-56-53-51-49-47-45-42-31-29-27-25-23-20-17-14-11-8-5-2/h23,25,28-31,45,47,71H,4-22,24,26-27,32-44,46,48-70H2,1-3H3/b25-23-,30-28-,31-29-,47-45-. The van der Waals surface area contributed by atoms with Gasteiger partial charge in [0.15, 0.2) is 6.10 Å². The van der Waals surface area contributed by atoms with Crippen LogP contribution in [0.15, 0.2) is 48.6 Å². The van der Waals surface area contributed by atoms with Crippen molar-refractivity contribution < 1.29 is 28.6 Å². The van der Waals surface area contributed by atoms with Crippen molar-refractivity contribution in [3.05, 3.63) is 48.6 Å². The number of esters is 3. The van der Waals surface area contributed by atoms with Crippen LogP contribution >= 0.6 is 0 Å². The smallest absolute Gasteiger partial charge is 0.306 e. The summed E-state index contributed by atoms with van der Waals surface area (Å²) in [5.41, 5.74) is 0. The van der Waals surface area contributed by atoms with E-state index in [1.165, 1.54) is 270 Å². The van der Waals surface area contributed by atoms with Gasteiger partial charge in [0.1, 0.15) is 13.2 Å². The van der Waals surface area contributed by atoms with Crippen molar-refractivity contribution in [2.45, 2.75) is 393 Å². The van der Waals surface area contributed by atoms with Crippen LogP contribution in [0.1, 0.15) is 387 Å². The topological polar surface area (TPSA) is 78.9 Å². The quantitative estimate of drug-likeness (QED) is 0.0261. The Bertz CT molecular complexity index is 1380. The van der Waals surface area contributed by atoms with E-state index in [9.17, 15) is 14.4 Å². The van der Waals surface area contributed by atoms with Crippen LogP contribution < -0.4 is 0 Å². The number of hydrogen-bond donors (Lipinski definition) is 0. The third kappa shape index (κ3) is 66.2. The molecule has 0 N–H and O–H groups in total. The fourth-order valence-corrected chi connectivity index (χ4v) is 10.7. The fraction of sp³-hybridized carbons (Fsp3) is 0.851.